The average molecular weight is 325 g/mol. The number of carbonyl (C=O) groups excluding carboxylic acids is 1. The maximum Gasteiger partial charge on any atom is 0.426 e. The second kappa shape index (κ2) is 6.29. The lowest BCUT2D eigenvalue weighted by Crippen LogP contribution is -2.52. The van der Waals surface area contributed by atoms with Gasteiger partial charge in [0.05, 0.1) is 0 Å². The second-order valence-corrected chi connectivity index (χ2v) is 4.96. The minimum absolute atomic E-state index is 0.111. The maximum atomic E-state index is 12.6. The van der Waals surface area contributed by atoms with Crippen molar-refractivity contribution in [3.63, 3.8) is 0 Å². The molecule has 0 aromatic heterocycles. The fourth-order valence-electron chi connectivity index (χ4n) is 1.61. The van der Waals surface area contributed by atoms with Crippen molar-refractivity contribution in [3.05, 3.63) is 54.6 Å². The first-order valence-corrected chi connectivity index (χ1v) is 6.63. The Morgan fingerprint density at radius 3 is 2.04 bits per heavy atom. The fraction of sp³-hybridized carbons (Fsp3) is 0.188. The van der Waals surface area contributed by atoms with Gasteiger partial charge < -0.3 is 15.2 Å². The second-order valence-electron chi connectivity index (χ2n) is 4.96. The van der Waals surface area contributed by atoms with Crippen molar-refractivity contribution in [2.75, 3.05) is 5.32 Å². The van der Waals surface area contributed by atoms with Gasteiger partial charge in [-0.05, 0) is 43.3 Å². The van der Waals surface area contributed by atoms with E-state index >= 15 is 0 Å². The first kappa shape index (κ1) is 16.8. The molecule has 1 atom stereocenters. The average Bonchev–Trinajstić information content (AvgIpc) is 2.49. The molecule has 7 heteroatoms. The van der Waals surface area contributed by atoms with Crippen LogP contribution in [0.1, 0.15) is 6.92 Å². The number of para-hydroxylation sites is 1. The minimum atomic E-state index is -5.06. The van der Waals surface area contributed by atoms with E-state index in [9.17, 15) is 23.1 Å². The molecule has 23 heavy (non-hydrogen) atoms. The first-order valence-electron chi connectivity index (χ1n) is 6.63. The van der Waals surface area contributed by atoms with Crippen LogP contribution in [0.5, 0.6) is 11.5 Å². The van der Waals surface area contributed by atoms with E-state index < -0.39 is 17.7 Å². The molecular formula is C16H14F3NO3. The SMILES string of the molecule is C[C@@](O)(C(=O)Nc1ccc(Oc2ccccc2)cc1)C(F)(F)F. The summed E-state index contributed by atoms with van der Waals surface area (Å²) < 4.78 is 43.2. The molecule has 4 nitrogen and oxygen atoms in total. The summed E-state index contributed by atoms with van der Waals surface area (Å²) in [5.41, 5.74) is -3.36. The van der Waals surface area contributed by atoms with Crippen LogP contribution in [0.15, 0.2) is 54.6 Å². The Bertz CT molecular complexity index is 667. The summed E-state index contributed by atoms with van der Waals surface area (Å²) in [6.45, 7) is 0.398. The fourth-order valence-corrected chi connectivity index (χ4v) is 1.61. The maximum absolute atomic E-state index is 12.6. The molecule has 0 aliphatic rings. The third kappa shape index (κ3) is 4.01. The Balaban J connectivity index is 2.04. The van der Waals surface area contributed by atoms with E-state index in [2.05, 4.69) is 0 Å². The molecular weight excluding hydrogens is 311 g/mol. The first-order chi connectivity index (χ1) is 10.7. The lowest BCUT2D eigenvalue weighted by molar-refractivity contribution is -0.242. The van der Waals surface area contributed by atoms with E-state index in [0.29, 0.717) is 18.4 Å². The molecule has 0 saturated carbocycles. The Labute approximate surface area is 130 Å². The zero-order chi connectivity index (χ0) is 17.1. The van der Waals surface area contributed by atoms with Gasteiger partial charge in [-0.15, -0.1) is 0 Å². The Hall–Kier alpha value is -2.54. The summed E-state index contributed by atoms with van der Waals surface area (Å²) in [6, 6.07) is 14.7. The number of hydrogen-bond acceptors (Lipinski definition) is 3. The van der Waals surface area contributed by atoms with Crippen molar-refractivity contribution in [2.45, 2.75) is 18.7 Å². The molecule has 0 fully saturated rings. The van der Waals surface area contributed by atoms with Crippen molar-refractivity contribution in [1.82, 2.24) is 0 Å². The lowest BCUT2D eigenvalue weighted by atomic mass is 10.1. The molecule has 122 valence electrons. The predicted molar refractivity (Wildman–Crippen MR) is 78.3 cm³/mol. The predicted octanol–water partition coefficient (Wildman–Crippen LogP) is 3.73. The van der Waals surface area contributed by atoms with Crippen LogP contribution in [0, 0.1) is 0 Å². The highest BCUT2D eigenvalue weighted by atomic mass is 19.4. The number of benzene rings is 2. The molecule has 0 bridgehead atoms. The van der Waals surface area contributed by atoms with Crippen LogP contribution in [-0.4, -0.2) is 22.8 Å². The number of aliphatic hydroxyl groups is 1. The van der Waals surface area contributed by atoms with Crippen LogP contribution in [0.4, 0.5) is 18.9 Å². The highest BCUT2D eigenvalue weighted by molar-refractivity contribution is 5.97. The molecule has 0 heterocycles. The van der Waals surface area contributed by atoms with Gasteiger partial charge in [0.1, 0.15) is 11.5 Å². The number of nitrogens with one attached hydrogen (secondary N) is 1. The number of ether oxygens (including phenoxy) is 1. The molecule has 0 aliphatic carbocycles. The third-order valence-electron chi connectivity index (χ3n) is 3.09. The van der Waals surface area contributed by atoms with Crippen LogP contribution in [0.25, 0.3) is 0 Å². The normalized spacial score (nSPS) is 14.0. The highest BCUT2D eigenvalue weighted by Gasteiger charge is 2.55. The Morgan fingerprint density at radius 1 is 1.00 bits per heavy atom. The third-order valence-corrected chi connectivity index (χ3v) is 3.09. The van der Waals surface area contributed by atoms with Crippen LogP contribution in [0.3, 0.4) is 0 Å². The number of anilines is 1. The topological polar surface area (TPSA) is 58.6 Å². The van der Waals surface area contributed by atoms with Gasteiger partial charge in [0.15, 0.2) is 0 Å². The number of alkyl halides is 3. The number of carbonyl (C=O) groups is 1. The smallest absolute Gasteiger partial charge is 0.426 e. The Kier molecular flexibility index (Phi) is 4.60. The van der Waals surface area contributed by atoms with E-state index in [1.165, 1.54) is 24.3 Å². The largest absolute Gasteiger partial charge is 0.457 e. The van der Waals surface area contributed by atoms with E-state index in [4.69, 9.17) is 4.74 Å². The van der Waals surface area contributed by atoms with E-state index in [1.807, 2.05) is 11.4 Å². The molecule has 2 aromatic carbocycles. The monoisotopic (exact) mass is 325 g/mol. The zero-order valence-corrected chi connectivity index (χ0v) is 12.1. The van der Waals surface area contributed by atoms with E-state index in [-0.39, 0.29) is 5.69 Å². The summed E-state index contributed by atoms with van der Waals surface area (Å²) >= 11 is 0. The summed E-state index contributed by atoms with van der Waals surface area (Å²) in [4.78, 5) is 11.5. The number of hydrogen-bond donors (Lipinski definition) is 2. The number of halogens is 3. The minimum Gasteiger partial charge on any atom is -0.457 e. The van der Waals surface area contributed by atoms with Crippen LogP contribution < -0.4 is 10.1 Å². The van der Waals surface area contributed by atoms with Crippen molar-refractivity contribution >= 4 is 11.6 Å². The molecule has 2 N–H and O–H groups in total. The van der Waals surface area contributed by atoms with Gasteiger partial charge in [0, 0.05) is 5.69 Å². The quantitative estimate of drug-likeness (QED) is 0.900. The van der Waals surface area contributed by atoms with Crippen molar-refractivity contribution in [2.24, 2.45) is 0 Å². The summed E-state index contributed by atoms with van der Waals surface area (Å²) in [6.07, 6.45) is -5.06. The highest BCUT2D eigenvalue weighted by Crippen LogP contribution is 2.31. The van der Waals surface area contributed by atoms with Gasteiger partial charge in [-0.25, -0.2) is 0 Å². The van der Waals surface area contributed by atoms with Gasteiger partial charge in [-0.3, -0.25) is 4.79 Å². The molecule has 0 radical (unpaired) electrons. The summed E-state index contributed by atoms with van der Waals surface area (Å²) in [7, 11) is 0. The van der Waals surface area contributed by atoms with Crippen LogP contribution >= 0.6 is 0 Å². The molecule has 1 amide bonds. The van der Waals surface area contributed by atoms with Gasteiger partial charge in [-0.1, -0.05) is 18.2 Å². The van der Waals surface area contributed by atoms with Gasteiger partial charge in [-0.2, -0.15) is 13.2 Å². The number of rotatable bonds is 4. The molecule has 0 spiro atoms. The van der Waals surface area contributed by atoms with Crippen LogP contribution in [-0.2, 0) is 4.79 Å². The molecule has 2 aromatic rings. The molecule has 0 aliphatic heterocycles. The lowest BCUT2D eigenvalue weighted by Gasteiger charge is -2.24. The molecule has 0 saturated heterocycles. The number of amides is 1. The van der Waals surface area contributed by atoms with Crippen LogP contribution in [0.2, 0.25) is 0 Å². The molecule has 0 unspecified atom stereocenters. The van der Waals surface area contributed by atoms with Gasteiger partial charge >= 0.3 is 6.18 Å². The molecule has 2 rings (SSSR count). The van der Waals surface area contributed by atoms with Crippen molar-refractivity contribution in [3.8, 4) is 11.5 Å². The van der Waals surface area contributed by atoms with E-state index in [1.54, 1.807) is 24.3 Å². The van der Waals surface area contributed by atoms with Crippen molar-refractivity contribution < 1.29 is 27.8 Å². The Morgan fingerprint density at radius 2 is 1.52 bits per heavy atom. The standard InChI is InChI=1S/C16H14F3NO3/c1-15(22,16(17,18)19)14(21)20-11-7-9-13(10-8-11)23-12-5-3-2-4-6-12/h2-10,22H,1H3,(H,20,21)/t15-/m1/s1. The van der Waals surface area contributed by atoms with Gasteiger partial charge in [0.25, 0.3) is 5.91 Å². The summed E-state index contributed by atoms with van der Waals surface area (Å²) in [5.74, 6) is -0.497. The van der Waals surface area contributed by atoms with Gasteiger partial charge in [0.2, 0.25) is 5.60 Å². The summed E-state index contributed by atoms with van der Waals surface area (Å²) in [5, 5.41) is 11.3. The van der Waals surface area contributed by atoms with Crippen molar-refractivity contribution in [1.29, 1.82) is 0 Å². The van der Waals surface area contributed by atoms with E-state index in [0.717, 1.165) is 0 Å². The zero-order valence-electron chi connectivity index (χ0n) is 12.1.